The van der Waals surface area contributed by atoms with E-state index in [1.54, 1.807) is 0 Å². The van der Waals surface area contributed by atoms with E-state index in [2.05, 4.69) is 24.2 Å². The van der Waals surface area contributed by atoms with Crippen LogP contribution in [-0.4, -0.2) is 26.1 Å². The first-order valence-corrected chi connectivity index (χ1v) is 7.40. The van der Waals surface area contributed by atoms with Gasteiger partial charge in [0.15, 0.2) is 5.69 Å². The Morgan fingerprint density at radius 2 is 1.90 bits per heavy atom. The Balaban J connectivity index is 2.40. The molecule has 1 aromatic rings. The smallest absolute Gasteiger partial charge is 0.358 e. The minimum atomic E-state index is -0.988. The summed E-state index contributed by atoms with van der Waals surface area (Å²) < 4.78 is 1.88. The summed E-state index contributed by atoms with van der Waals surface area (Å²) in [6.07, 6.45) is 3.27. The van der Waals surface area contributed by atoms with E-state index in [-0.39, 0.29) is 17.2 Å². The van der Waals surface area contributed by atoms with Crippen molar-refractivity contribution < 1.29 is 9.90 Å². The maximum absolute atomic E-state index is 11.4. The van der Waals surface area contributed by atoms with Crippen LogP contribution in [-0.2, 0) is 5.41 Å². The van der Waals surface area contributed by atoms with Crippen molar-refractivity contribution in [2.75, 3.05) is 0 Å². The van der Waals surface area contributed by atoms with E-state index in [1.807, 2.05) is 25.5 Å². The summed E-state index contributed by atoms with van der Waals surface area (Å²) in [5.41, 5.74) is 0.573. The fraction of sp³-hybridized carbons (Fsp3) is 0.800. The molecule has 0 amide bonds. The van der Waals surface area contributed by atoms with Crippen molar-refractivity contribution in [2.45, 2.75) is 65.3 Å². The van der Waals surface area contributed by atoms with Crippen molar-refractivity contribution in [2.24, 2.45) is 11.8 Å². The minimum absolute atomic E-state index is 0.101. The van der Waals surface area contributed by atoms with Gasteiger partial charge >= 0.3 is 5.97 Å². The monoisotopic (exact) mass is 279 g/mol. The average Bonchev–Trinajstić information content (AvgIpc) is 2.77. The van der Waals surface area contributed by atoms with Gasteiger partial charge in [0.2, 0.25) is 0 Å². The third-order valence-electron chi connectivity index (χ3n) is 4.52. The number of carboxylic acids is 1. The number of aromatic carboxylic acids is 1. The Labute approximate surface area is 120 Å². The number of aromatic nitrogens is 3. The highest BCUT2D eigenvalue weighted by Crippen LogP contribution is 2.38. The Morgan fingerprint density at radius 3 is 2.40 bits per heavy atom. The molecular weight excluding hydrogens is 254 g/mol. The molecule has 1 saturated carbocycles. The van der Waals surface area contributed by atoms with Crippen LogP contribution in [0.1, 0.15) is 76.1 Å². The molecule has 0 spiro atoms. The lowest BCUT2D eigenvalue weighted by atomic mass is 9.78. The van der Waals surface area contributed by atoms with Crippen LogP contribution in [0, 0.1) is 11.8 Å². The van der Waals surface area contributed by atoms with Crippen LogP contribution in [0.4, 0.5) is 0 Å². The molecule has 3 atom stereocenters. The van der Waals surface area contributed by atoms with Gasteiger partial charge in [-0.25, -0.2) is 9.48 Å². The van der Waals surface area contributed by atoms with E-state index in [9.17, 15) is 9.90 Å². The highest BCUT2D eigenvalue weighted by Gasteiger charge is 2.34. The van der Waals surface area contributed by atoms with Crippen LogP contribution in [0.3, 0.4) is 0 Å². The van der Waals surface area contributed by atoms with Gasteiger partial charge in [0, 0.05) is 5.41 Å². The lowest BCUT2D eigenvalue weighted by molar-refractivity contribution is 0.0687. The van der Waals surface area contributed by atoms with Crippen molar-refractivity contribution in [3.05, 3.63) is 11.4 Å². The molecule has 2 rings (SSSR count). The van der Waals surface area contributed by atoms with Gasteiger partial charge < -0.3 is 5.11 Å². The predicted molar refractivity (Wildman–Crippen MR) is 76.9 cm³/mol. The van der Waals surface area contributed by atoms with Gasteiger partial charge in [0.25, 0.3) is 0 Å². The van der Waals surface area contributed by atoms with Gasteiger partial charge in [0.1, 0.15) is 0 Å². The molecule has 112 valence electrons. The van der Waals surface area contributed by atoms with E-state index < -0.39 is 5.97 Å². The van der Waals surface area contributed by atoms with Gasteiger partial charge in [-0.3, -0.25) is 0 Å². The molecule has 1 heterocycles. The molecule has 0 aliphatic heterocycles. The lowest BCUT2D eigenvalue weighted by Crippen LogP contribution is -2.29. The first-order valence-electron chi connectivity index (χ1n) is 7.40. The second kappa shape index (κ2) is 5.19. The van der Waals surface area contributed by atoms with Crippen LogP contribution in [0.5, 0.6) is 0 Å². The first-order chi connectivity index (χ1) is 9.21. The quantitative estimate of drug-likeness (QED) is 0.902. The van der Waals surface area contributed by atoms with Crippen LogP contribution in [0.15, 0.2) is 0 Å². The van der Waals surface area contributed by atoms with Crippen LogP contribution < -0.4 is 0 Å². The topological polar surface area (TPSA) is 68.0 Å². The van der Waals surface area contributed by atoms with Gasteiger partial charge in [-0.2, -0.15) is 0 Å². The van der Waals surface area contributed by atoms with Gasteiger partial charge in [-0.05, 0) is 31.1 Å². The summed E-state index contributed by atoms with van der Waals surface area (Å²) in [5, 5.41) is 17.4. The standard InChI is InChI=1S/C15H25N3O2/c1-9-6-7-11(8-10(9)2)18-13(15(3,4)5)12(14(19)20)16-17-18/h9-11H,6-8H2,1-5H3,(H,19,20). The zero-order valence-corrected chi connectivity index (χ0v) is 13.1. The summed E-state index contributed by atoms with van der Waals surface area (Å²) >= 11 is 0. The molecule has 5 nitrogen and oxygen atoms in total. The summed E-state index contributed by atoms with van der Waals surface area (Å²) in [6, 6.07) is 0.274. The predicted octanol–water partition coefficient (Wildman–Crippen LogP) is 3.27. The van der Waals surface area contributed by atoms with Crippen LogP contribution in [0.25, 0.3) is 0 Å². The summed E-state index contributed by atoms with van der Waals surface area (Å²) in [5.74, 6) is 0.379. The highest BCUT2D eigenvalue weighted by atomic mass is 16.4. The molecule has 1 fully saturated rings. The molecule has 0 aromatic carbocycles. The SMILES string of the molecule is CC1CCC(n2nnc(C(=O)O)c2C(C)(C)C)CC1C. The molecular formula is C15H25N3O2. The molecule has 1 aliphatic carbocycles. The zero-order chi connectivity index (χ0) is 15.1. The van der Waals surface area contributed by atoms with Crippen molar-refractivity contribution in [3.8, 4) is 0 Å². The highest BCUT2D eigenvalue weighted by molar-refractivity contribution is 5.86. The molecule has 0 saturated heterocycles. The number of rotatable bonds is 2. The van der Waals surface area contributed by atoms with Crippen molar-refractivity contribution in [1.82, 2.24) is 15.0 Å². The van der Waals surface area contributed by atoms with Crippen LogP contribution >= 0.6 is 0 Å². The van der Waals surface area contributed by atoms with E-state index in [0.29, 0.717) is 5.92 Å². The minimum Gasteiger partial charge on any atom is -0.476 e. The first kappa shape index (κ1) is 15.0. The van der Waals surface area contributed by atoms with Crippen LogP contribution in [0.2, 0.25) is 0 Å². The Bertz CT molecular complexity index is 502. The molecule has 1 N–H and O–H groups in total. The largest absolute Gasteiger partial charge is 0.476 e. The third-order valence-corrected chi connectivity index (χ3v) is 4.52. The summed E-state index contributed by atoms with van der Waals surface area (Å²) in [4.78, 5) is 11.4. The molecule has 1 aliphatic rings. The van der Waals surface area contributed by atoms with E-state index in [4.69, 9.17) is 0 Å². The third kappa shape index (κ3) is 2.72. The van der Waals surface area contributed by atoms with Crippen molar-refractivity contribution in [1.29, 1.82) is 0 Å². The number of carboxylic acid groups (broad SMARTS) is 1. The van der Waals surface area contributed by atoms with Gasteiger partial charge in [0.05, 0.1) is 11.7 Å². The molecule has 0 radical (unpaired) electrons. The van der Waals surface area contributed by atoms with Gasteiger partial charge in [-0.1, -0.05) is 39.8 Å². The molecule has 20 heavy (non-hydrogen) atoms. The summed E-state index contributed by atoms with van der Waals surface area (Å²) in [7, 11) is 0. The Hall–Kier alpha value is -1.39. The molecule has 1 aromatic heterocycles. The fourth-order valence-corrected chi connectivity index (χ4v) is 3.13. The second-order valence-corrected chi connectivity index (χ2v) is 7.21. The van der Waals surface area contributed by atoms with E-state index in [0.717, 1.165) is 30.9 Å². The zero-order valence-electron chi connectivity index (χ0n) is 13.1. The second-order valence-electron chi connectivity index (χ2n) is 7.21. The van der Waals surface area contributed by atoms with Gasteiger partial charge in [-0.15, -0.1) is 5.10 Å². The number of hydrogen-bond donors (Lipinski definition) is 1. The fourth-order valence-electron chi connectivity index (χ4n) is 3.13. The molecule has 5 heteroatoms. The van der Waals surface area contributed by atoms with E-state index in [1.165, 1.54) is 0 Å². The normalized spacial score (nSPS) is 27.6. The Kier molecular flexibility index (Phi) is 3.89. The van der Waals surface area contributed by atoms with Crippen molar-refractivity contribution in [3.63, 3.8) is 0 Å². The number of carbonyl (C=O) groups is 1. The Morgan fingerprint density at radius 1 is 1.25 bits per heavy atom. The average molecular weight is 279 g/mol. The summed E-state index contributed by atoms with van der Waals surface area (Å²) in [6.45, 7) is 10.6. The van der Waals surface area contributed by atoms with E-state index >= 15 is 0 Å². The number of hydrogen-bond acceptors (Lipinski definition) is 3. The molecule has 0 bridgehead atoms. The lowest BCUT2D eigenvalue weighted by Gasteiger charge is -2.34. The maximum Gasteiger partial charge on any atom is 0.358 e. The number of nitrogens with zero attached hydrogens (tertiary/aromatic N) is 3. The molecule has 3 unspecified atom stereocenters. The maximum atomic E-state index is 11.4. The van der Waals surface area contributed by atoms with Crippen molar-refractivity contribution >= 4 is 5.97 Å².